The van der Waals surface area contributed by atoms with E-state index in [9.17, 15) is 18.0 Å². The zero-order valence-electron chi connectivity index (χ0n) is 12.0. The number of benzene rings is 1. The van der Waals surface area contributed by atoms with Crippen molar-refractivity contribution < 1.29 is 18.0 Å². The Labute approximate surface area is 137 Å². The van der Waals surface area contributed by atoms with Gasteiger partial charge in [0.2, 0.25) is 5.91 Å². The fraction of sp³-hybridized carbons (Fsp3) is 0.500. The average molecular weight is 355 g/mol. The van der Waals surface area contributed by atoms with Gasteiger partial charge in [0.15, 0.2) is 0 Å². The number of carbonyl (C=O) groups excluding carboxylic acids is 1. The third-order valence-electron chi connectivity index (χ3n) is 3.34. The van der Waals surface area contributed by atoms with Gasteiger partial charge in [-0.1, -0.05) is 6.07 Å². The van der Waals surface area contributed by atoms with E-state index in [1.54, 1.807) is 11.8 Å². The summed E-state index contributed by atoms with van der Waals surface area (Å²) in [6, 6.07) is 3.89. The molecule has 0 saturated carbocycles. The van der Waals surface area contributed by atoms with Crippen molar-refractivity contribution in [3.8, 4) is 0 Å². The number of rotatable bonds is 3. The maximum Gasteiger partial charge on any atom is 0.416 e. The van der Waals surface area contributed by atoms with Crippen molar-refractivity contribution in [3.63, 3.8) is 0 Å². The summed E-state index contributed by atoms with van der Waals surface area (Å²) in [5, 5.41) is 5.81. The van der Waals surface area contributed by atoms with Crippen molar-refractivity contribution in [2.75, 3.05) is 23.4 Å². The highest BCUT2D eigenvalue weighted by atomic mass is 35.5. The van der Waals surface area contributed by atoms with Crippen LogP contribution < -0.4 is 10.6 Å². The summed E-state index contributed by atoms with van der Waals surface area (Å²) < 4.78 is 38.4. The maximum atomic E-state index is 12.8. The molecule has 1 heterocycles. The largest absolute Gasteiger partial charge is 0.416 e. The normalized spacial score (nSPS) is 18.5. The number of thioether (sulfide) groups is 1. The van der Waals surface area contributed by atoms with Crippen LogP contribution in [-0.4, -0.2) is 30.0 Å². The van der Waals surface area contributed by atoms with Crippen molar-refractivity contribution in [1.82, 2.24) is 5.32 Å². The van der Waals surface area contributed by atoms with Crippen LogP contribution in [0.25, 0.3) is 0 Å². The summed E-state index contributed by atoms with van der Waals surface area (Å²) in [5.41, 5.74) is -0.450. The predicted molar refractivity (Wildman–Crippen MR) is 85.8 cm³/mol. The Kier molecular flexibility index (Phi) is 7.02. The van der Waals surface area contributed by atoms with E-state index < -0.39 is 11.7 Å². The predicted octanol–water partition coefficient (Wildman–Crippen LogP) is 3.47. The van der Waals surface area contributed by atoms with E-state index in [1.807, 2.05) is 0 Å². The highest BCUT2D eigenvalue weighted by Crippen LogP contribution is 2.34. The van der Waals surface area contributed by atoms with E-state index in [1.165, 1.54) is 19.1 Å². The minimum Gasteiger partial charge on any atom is -0.326 e. The molecule has 2 rings (SSSR count). The number of hydrogen-bond donors (Lipinski definition) is 2. The lowest BCUT2D eigenvalue weighted by molar-refractivity contribution is -0.138. The molecule has 0 aromatic heterocycles. The fourth-order valence-electron chi connectivity index (χ4n) is 2.25. The minimum atomic E-state index is -4.41. The van der Waals surface area contributed by atoms with Crippen LogP contribution in [0.5, 0.6) is 0 Å². The molecule has 1 aromatic carbocycles. The van der Waals surface area contributed by atoms with Crippen LogP contribution in [0, 0.1) is 6.92 Å². The van der Waals surface area contributed by atoms with Crippen molar-refractivity contribution in [3.05, 3.63) is 29.3 Å². The van der Waals surface area contributed by atoms with Gasteiger partial charge in [-0.3, -0.25) is 4.79 Å². The number of alkyl halides is 3. The lowest BCUT2D eigenvalue weighted by Gasteiger charge is -2.23. The van der Waals surface area contributed by atoms with Crippen LogP contribution in [0.2, 0.25) is 0 Å². The van der Waals surface area contributed by atoms with Gasteiger partial charge in [-0.2, -0.15) is 24.9 Å². The van der Waals surface area contributed by atoms with Crippen LogP contribution in [0.3, 0.4) is 0 Å². The van der Waals surface area contributed by atoms with Crippen LogP contribution in [0.15, 0.2) is 18.2 Å². The molecule has 8 heteroatoms. The van der Waals surface area contributed by atoms with E-state index in [4.69, 9.17) is 0 Å². The number of hydrogen-bond acceptors (Lipinski definition) is 3. The Balaban J connectivity index is 0.00000242. The smallest absolute Gasteiger partial charge is 0.326 e. The van der Waals surface area contributed by atoms with Crippen LogP contribution in [-0.2, 0) is 11.0 Å². The number of amides is 1. The zero-order chi connectivity index (χ0) is 15.5. The molecule has 1 aliphatic heterocycles. The monoisotopic (exact) mass is 354 g/mol. The van der Waals surface area contributed by atoms with Gasteiger partial charge in [0.05, 0.1) is 5.56 Å². The molecule has 1 fully saturated rings. The van der Waals surface area contributed by atoms with E-state index in [2.05, 4.69) is 10.6 Å². The topological polar surface area (TPSA) is 41.1 Å². The Hall–Kier alpha value is -0.920. The Bertz CT molecular complexity index is 519. The molecule has 1 saturated heterocycles. The van der Waals surface area contributed by atoms with E-state index in [0.717, 1.165) is 24.1 Å². The Morgan fingerprint density at radius 1 is 1.45 bits per heavy atom. The summed E-state index contributed by atoms with van der Waals surface area (Å²) in [7, 11) is 0. The molecular formula is C14H18ClF3N2OS. The van der Waals surface area contributed by atoms with Crippen molar-refractivity contribution in [2.24, 2.45) is 0 Å². The van der Waals surface area contributed by atoms with Crippen molar-refractivity contribution >= 4 is 35.8 Å². The van der Waals surface area contributed by atoms with Crippen molar-refractivity contribution in [2.45, 2.75) is 25.6 Å². The first-order valence-electron chi connectivity index (χ1n) is 6.65. The summed E-state index contributed by atoms with van der Waals surface area (Å²) >= 11 is 1.77. The first kappa shape index (κ1) is 19.1. The summed E-state index contributed by atoms with van der Waals surface area (Å²) in [6.07, 6.45) is -4.14. The number of halogens is 4. The highest BCUT2D eigenvalue weighted by Gasteiger charge is 2.33. The SMILES string of the molecule is Cc1c(NC(=O)CC2CSCCN2)cccc1C(F)(F)F.Cl. The first-order valence-corrected chi connectivity index (χ1v) is 7.81. The minimum absolute atomic E-state index is 0. The van der Waals surface area contributed by atoms with Crippen LogP contribution in [0.4, 0.5) is 18.9 Å². The molecule has 1 unspecified atom stereocenters. The summed E-state index contributed by atoms with van der Waals surface area (Å²) in [6.45, 7) is 2.22. The molecule has 3 nitrogen and oxygen atoms in total. The second-order valence-electron chi connectivity index (χ2n) is 4.95. The molecule has 0 radical (unpaired) electrons. The lowest BCUT2D eigenvalue weighted by Crippen LogP contribution is -2.40. The quantitative estimate of drug-likeness (QED) is 0.873. The molecule has 2 N–H and O–H groups in total. The fourth-order valence-corrected chi connectivity index (χ4v) is 3.20. The van der Waals surface area contributed by atoms with Gasteiger partial charge in [0.1, 0.15) is 0 Å². The van der Waals surface area contributed by atoms with Gasteiger partial charge < -0.3 is 10.6 Å². The lowest BCUT2D eigenvalue weighted by atomic mass is 10.1. The second kappa shape index (κ2) is 8.08. The van der Waals surface area contributed by atoms with E-state index in [0.29, 0.717) is 0 Å². The third kappa shape index (κ3) is 5.07. The highest BCUT2D eigenvalue weighted by molar-refractivity contribution is 7.99. The molecule has 1 amide bonds. The van der Waals surface area contributed by atoms with Gasteiger partial charge in [-0.05, 0) is 24.6 Å². The van der Waals surface area contributed by atoms with Crippen LogP contribution >= 0.6 is 24.2 Å². The molecule has 1 aromatic rings. The van der Waals surface area contributed by atoms with Crippen molar-refractivity contribution in [1.29, 1.82) is 0 Å². The number of carbonyl (C=O) groups is 1. The Morgan fingerprint density at radius 3 is 2.77 bits per heavy atom. The second-order valence-corrected chi connectivity index (χ2v) is 6.10. The van der Waals surface area contributed by atoms with Gasteiger partial charge in [-0.25, -0.2) is 0 Å². The first-order chi connectivity index (χ1) is 9.88. The number of anilines is 1. The summed E-state index contributed by atoms with van der Waals surface area (Å²) in [5.74, 6) is 1.59. The summed E-state index contributed by atoms with van der Waals surface area (Å²) in [4.78, 5) is 12.0. The van der Waals surface area contributed by atoms with Gasteiger partial charge in [0.25, 0.3) is 0 Å². The standard InChI is InChI=1S/C14H17F3N2OS.ClH/c1-9-11(14(15,16)17)3-2-4-12(9)19-13(20)7-10-8-21-6-5-18-10;/h2-4,10,18H,5-8H2,1H3,(H,19,20);1H. The molecule has 1 atom stereocenters. The molecular weight excluding hydrogens is 337 g/mol. The van der Waals surface area contributed by atoms with Gasteiger partial charge in [-0.15, -0.1) is 12.4 Å². The molecule has 1 aliphatic rings. The third-order valence-corrected chi connectivity index (χ3v) is 4.47. The van der Waals surface area contributed by atoms with E-state index in [-0.39, 0.29) is 42.0 Å². The maximum absolute atomic E-state index is 12.8. The van der Waals surface area contributed by atoms with Crippen LogP contribution in [0.1, 0.15) is 17.5 Å². The molecule has 0 spiro atoms. The van der Waals surface area contributed by atoms with Gasteiger partial charge in [0, 0.05) is 36.2 Å². The molecule has 22 heavy (non-hydrogen) atoms. The average Bonchev–Trinajstić information content (AvgIpc) is 2.41. The molecule has 0 aliphatic carbocycles. The van der Waals surface area contributed by atoms with E-state index >= 15 is 0 Å². The number of nitrogens with one attached hydrogen (secondary N) is 2. The zero-order valence-corrected chi connectivity index (χ0v) is 13.6. The van der Waals surface area contributed by atoms with Gasteiger partial charge >= 0.3 is 6.18 Å². The molecule has 124 valence electrons. The Morgan fingerprint density at radius 2 is 2.18 bits per heavy atom. The molecule has 0 bridgehead atoms.